The van der Waals surface area contributed by atoms with Gasteiger partial charge in [0.1, 0.15) is 10.4 Å². The number of H-pyrrole nitrogens is 1. The minimum Gasteiger partial charge on any atom is -0.444 e. The van der Waals surface area contributed by atoms with Crippen molar-refractivity contribution in [2.75, 3.05) is 6.54 Å². The van der Waals surface area contributed by atoms with Gasteiger partial charge in [-0.15, -0.1) is 11.3 Å². The van der Waals surface area contributed by atoms with Gasteiger partial charge in [-0.05, 0) is 45.8 Å². The smallest absolute Gasteiger partial charge is 0.410 e. The van der Waals surface area contributed by atoms with E-state index in [4.69, 9.17) is 4.74 Å². The molecule has 0 aliphatic carbocycles. The van der Waals surface area contributed by atoms with E-state index in [2.05, 4.69) is 22.3 Å². The molecule has 1 atom stereocenters. The molecule has 3 heterocycles. The maximum absolute atomic E-state index is 12.2. The minimum atomic E-state index is -0.459. The highest BCUT2D eigenvalue weighted by Crippen LogP contribution is 2.33. The zero-order valence-electron chi connectivity index (χ0n) is 13.3. The molecule has 0 fully saturated rings. The Morgan fingerprint density at radius 3 is 2.91 bits per heavy atom. The summed E-state index contributed by atoms with van der Waals surface area (Å²) < 4.78 is 5.47. The van der Waals surface area contributed by atoms with Crippen LogP contribution in [0.1, 0.15) is 39.0 Å². The van der Waals surface area contributed by atoms with Crippen LogP contribution < -0.4 is 0 Å². The number of aromatic nitrogens is 2. The van der Waals surface area contributed by atoms with Gasteiger partial charge in [0.15, 0.2) is 0 Å². The molecule has 1 amide bonds. The molecule has 2 aromatic rings. The van der Waals surface area contributed by atoms with Crippen LogP contribution in [0.5, 0.6) is 0 Å². The van der Waals surface area contributed by atoms with Gasteiger partial charge in [0.25, 0.3) is 0 Å². The average molecular weight is 319 g/mol. The summed E-state index contributed by atoms with van der Waals surface area (Å²) in [4.78, 5) is 16.3. The Kier molecular flexibility index (Phi) is 3.72. The molecule has 0 spiro atoms. The number of amides is 1. The Bertz CT molecular complexity index is 695. The van der Waals surface area contributed by atoms with Crippen molar-refractivity contribution < 1.29 is 9.53 Å². The van der Waals surface area contributed by atoms with Gasteiger partial charge in [-0.3, -0.25) is 5.10 Å². The summed E-state index contributed by atoms with van der Waals surface area (Å²) in [5.41, 5.74) is 0.829. The SMILES string of the molecule is CC1C=C(c2cc3c[nH]nc3s2)CCN1C(=O)OC(C)(C)C. The second-order valence-corrected chi connectivity index (χ2v) is 7.64. The highest BCUT2D eigenvalue weighted by molar-refractivity contribution is 7.19. The van der Waals surface area contributed by atoms with Crippen molar-refractivity contribution in [2.45, 2.75) is 45.8 Å². The van der Waals surface area contributed by atoms with Crippen LogP contribution in [0.4, 0.5) is 4.79 Å². The van der Waals surface area contributed by atoms with Gasteiger partial charge >= 0.3 is 6.09 Å². The summed E-state index contributed by atoms with van der Waals surface area (Å²) in [5, 5.41) is 8.23. The molecule has 0 radical (unpaired) electrons. The number of ether oxygens (including phenoxy) is 1. The molecular formula is C16H21N3O2S. The predicted octanol–water partition coefficient (Wildman–Crippen LogP) is 4.04. The normalized spacial score (nSPS) is 19.4. The molecular weight excluding hydrogens is 298 g/mol. The number of rotatable bonds is 1. The van der Waals surface area contributed by atoms with Crippen molar-refractivity contribution in [3.05, 3.63) is 23.2 Å². The number of nitrogens with zero attached hydrogens (tertiary/aromatic N) is 2. The third-order valence-electron chi connectivity index (χ3n) is 3.63. The van der Waals surface area contributed by atoms with E-state index < -0.39 is 5.60 Å². The Morgan fingerprint density at radius 1 is 1.50 bits per heavy atom. The van der Waals surface area contributed by atoms with E-state index in [1.807, 2.05) is 33.9 Å². The van der Waals surface area contributed by atoms with Gasteiger partial charge < -0.3 is 9.64 Å². The van der Waals surface area contributed by atoms with Gasteiger partial charge in [0, 0.05) is 23.0 Å². The van der Waals surface area contributed by atoms with Gasteiger partial charge in [0.05, 0.1) is 6.04 Å². The molecule has 1 N–H and O–H groups in total. The second-order valence-electron chi connectivity index (χ2n) is 6.61. The number of nitrogens with one attached hydrogen (secondary N) is 1. The molecule has 1 aliphatic rings. The summed E-state index contributed by atoms with van der Waals surface area (Å²) in [6, 6.07) is 2.19. The van der Waals surface area contributed by atoms with Crippen molar-refractivity contribution in [3.63, 3.8) is 0 Å². The largest absolute Gasteiger partial charge is 0.444 e. The number of thiophene rings is 1. The summed E-state index contributed by atoms with van der Waals surface area (Å²) in [6.45, 7) is 8.39. The van der Waals surface area contributed by atoms with Gasteiger partial charge in [-0.1, -0.05) is 6.08 Å². The fourth-order valence-corrected chi connectivity index (χ4v) is 3.63. The lowest BCUT2D eigenvalue weighted by atomic mass is 10.0. The Balaban J connectivity index is 1.76. The number of carbonyl (C=O) groups excluding carboxylic acids is 1. The van der Waals surface area contributed by atoms with E-state index in [1.54, 1.807) is 16.2 Å². The molecule has 0 saturated carbocycles. The summed E-state index contributed by atoms with van der Waals surface area (Å²) in [7, 11) is 0. The third kappa shape index (κ3) is 3.02. The Hall–Kier alpha value is -1.82. The molecule has 0 aromatic carbocycles. The zero-order chi connectivity index (χ0) is 15.9. The maximum atomic E-state index is 12.2. The van der Waals surface area contributed by atoms with Gasteiger partial charge in [-0.25, -0.2) is 4.79 Å². The fourth-order valence-electron chi connectivity index (χ4n) is 2.60. The lowest BCUT2D eigenvalue weighted by molar-refractivity contribution is 0.0209. The van der Waals surface area contributed by atoms with Crippen LogP contribution in [0.15, 0.2) is 18.3 Å². The van der Waals surface area contributed by atoms with Crippen LogP contribution in [-0.2, 0) is 4.74 Å². The first kappa shape index (κ1) is 15.1. The van der Waals surface area contributed by atoms with Crippen LogP contribution in [0.25, 0.3) is 15.8 Å². The number of carbonyl (C=O) groups is 1. The highest BCUT2D eigenvalue weighted by Gasteiger charge is 2.28. The minimum absolute atomic E-state index is 0.0367. The van der Waals surface area contributed by atoms with E-state index in [0.29, 0.717) is 6.54 Å². The van der Waals surface area contributed by atoms with Crippen molar-refractivity contribution in [1.82, 2.24) is 15.1 Å². The summed E-state index contributed by atoms with van der Waals surface area (Å²) in [6.07, 6.45) is 4.67. The number of fused-ring (bicyclic) bond motifs is 1. The van der Waals surface area contributed by atoms with Crippen LogP contribution in [0.3, 0.4) is 0 Å². The molecule has 0 saturated heterocycles. The first-order chi connectivity index (χ1) is 10.3. The van der Waals surface area contributed by atoms with Crippen molar-refractivity contribution in [3.8, 4) is 0 Å². The average Bonchev–Trinajstić information content (AvgIpc) is 2.96. The third-order valence-corrected chi connectivity index (χ3v) is 4.75. The van der Waals surface area contributed by atoms with Crippen LogP contribution in [0.2, 0.25) is 0 Å². The van der Waals surface area contributed by atoms with Crippen LogP contribution in [0, 0.1) is 0 Å². The quantitative estimate of drug-likeness (QED) is 0.863. The van der Waals surface area contributed by atoms with E-state index >= 15 is 0 Å². The predicted molar refractivity (Wildman–Crippen MR) is 89.0 cm³/mol. The maximum Gasteiger partial charge on any atom is 0.410 e. The standard InChI is InChI=1S/C16H21N3O2S/c1-10-7-11(13-8-12-9-17-18-14(12)22-13)5-6-19(10)15(20)21-16(2,3)4/h7-10H,5-6H2,1-4H3,(H,17,18). The summed E-state index contributed by atoms with van der Waals surface area (Å²) >= 11 is 1.69. The molecule has 3 rings (SSSR count). The second kappa shape index (κ2) is 5.43. The summed E-state index contributed by atoms with van der Waals surface area (Å²) in [5.74, 6) is 0. The van der Waals surface area contributed by atoms with Gasteiger partial charge in [0.2, 0.25) is 0 Å². The van der Waals surface area contributed by atoms with Crippen molar-refractivity contribution in [2.24, 2.45) is 0 Å². The van der Waals surface area contributed by atoms with E-state index in [1.165, 1.54) is 10.5 Å². The van der Waals surface area contributed by atoms with E-state index in [0.717, 1.165) is 16.6 Å². The molecule has 2 aromatic heterocycles. The molecule has 22 heavy (non-hydrogen) atoms. The first-order valence-electron chi connectivity index (χ1n) is 7.47. The molecule has 118 valence electrons. The number of aromatic amines is 1. The van der Waals surface area contributed by atoms with E-state index in [9.17, 15) is 4.79 Å². The van der Waals surface area contributed by atoms with Crippen molar-refractivity contribution in [1.29, 1.82) is 0 Å². The Labute approximate surface area is 134 Å². The van der Waals surface area contributed by atoms with Crippen molar-refractivity contribution >= 4 is 33.2 Å². The topological polar surface area (TPSA) is 58.2 Å². The molecule has 1 unspecified atom stereocenters. The molecule has 6 heteroatoms. The highest BCUT2D eigenvalue weighted by atomic mass is 32.1. The van der Waals surface area contributed by atoms with Gasteiger partial charge in [-0.2, -0.15) is 5.10 Å². The Morgan fingerprint density at radius 2 is 2.27 bits per heavy atom. The molecule has 5 nitrogen and oxygen atoms in total. The first-order valence-corrected chi connectivity index (χ1v) is 8.29. The monoisotopic (exact) mass is 319 g/mol. The van der Waals surface area contributed by atoms with Crippen LogP contribution >= 0.6 is 11.3 Å². The lowest BCUT2D eigenvalue weighted by Gasteiger charge is -2.33. The molecule has 1 aliphatic heterocycles. The fraction of sp³-hybridized carbons (Fsp3) is 0.500. The molecule has 0 bridgehead atoms. The number of hydrogen-bond donors (Lipinski definition) is 1. The van der Waals surface area contributed by atoms with Crippen LogP contribution in [-0.4, -0.2) is 39.4 Å². The number of hydrogen-bond acceptors (Lipinski definition) is 4. The zero-order valence-corrected chi connectivity index (χ0v) is 14.2. The lowest BCUT2D eigenvalue weighted by Crippen LogP contribution is -2.43. The van der Waals surface area contributed by atoms with E-state index in [-0.39, 0.29) is 12.1 Å².